The number of carbonyl (C=O) groups is 1. The number of hydrogen-bond acceptors (Lipinski definition) is 12. The molecule has 5 N–H and O–H groups in total. The van der Waals surface area contributed by atoms with E-state index >= 15 is 0 Å². The van der Waals surface area contributed by atoms with Gasteiger partial charge in [-0.3, -0.25) is 13.9 Å². The summed E-state index contributed by atoms with van der Waals surface area (Å²) in [5, 5.41) is 24.3. The number of imidazole rings is 1. The van der Waals surface area contributed by atoms with E-state index < -0.39 is 62.9 Å². The van der Waals surface area contributed by atoms with Gasteiger partial charge in [-0.15, -0.1) is 0 Å². The van der Waals surface area contributed by atoms with Crippen LogP contribution in [0.2, 0.25) is 0 Å². The van der Waals surface area contributed by atoms with Gasteiger partial charge in [0.1, 0.15) is 36.7 Å². The van der Waals surface area contributed by atoms with Crippen LogP contribution in [0.1, 0.15) is 25.6 Å². The number of aliphatic hydroxyl groups excluding tert-OH is 2. The van der Waals surface area contributed by atoms with Gasteiger partial charge < -0.3 is 29.9 Å². The molecule has 3 unspecified atom stereocenters. The second-order valence-corrected chi connectivity index (χ2v) is 12.1. The normalized spacial score (nSPS) is 22.1. The van der Waals surface area contributed by atoms with E-state index in [-0.39, 0.29) is 29.3 Å². The van der Waals surface area contributed by atoms with Crippen molar-refractivity contribution in [1.82, 2.24) is 24.6 Å². The summed E-state index contributed by atoms with van der Waals surface area (Å²) < 4.78 is 51.9. The highest BCUT2D eigenvalue weighted by Gasteiger charge is 2.46. The molecular formula is C28H32FN6O8P. The van der Waals surface area contributed by atoms with E-state index in [1.807, 2.05) is 18.2 Å². The number of nitrogens with two attached hydrogens (primary N) is 1. The maximum absolute atomic E-state index is 14.1. The Morgan fingerprint density at radius 2 is 1.80 bits per heavy atom. The van der Waals surface area contributed by atoms with Crippen LogP contribution in [-0.2, 0) is 30.0 Å². The van der Waals surface area contributed by atoms with Crippen LogP contribution < -0.4 is 15.3 Å². The highest BCUT2D eigenvalue weighted by molar-refractivity contribution is 7.52. The topological polar surface area (TPSA) is 193 Å². The zero-order valence-corrected chi connectivity index (χ0v) is 24.7. The molecule has 5 rings (SSSR count). The van der Waals surface area contributed by atoms with Crippen LogP contribution >= 0.6 is 7.75 Å². The Hall–Kier alpha value is -3.98. The molecule has 2 aromatic heterocycles. The van der Waals surface area contributed by atoms with Crippen LogP contribution in [-0.4, -0.2) is 66.7 Å². The van der Waals surface area contributed by atoms with Crippen LogP contribution in [0.5, 0.6) is 5.75 Å². The number of aromatic nitrogens is 4. The lowest BCUT2D eigenvalue weighted by Crippen LogP contribution is -2.42. The molecule has 0 aliphatic carbocycles. The van der Waals surface area contributed by atoms with Gasteiger partial charge in [0.25, 0.3) is 0 Å². The molecule has 0 radical (unpaired) electrons. The van der Waals surface area contributed by atoms with Crippen LogP contribution in [0, 0.1) is 12.0 Å². The van der Waals surface area contributed by atoms with Crippen LogP contribution in [0.3, 0.4) is 0 Å². The minimum Gasteiger partial charge on any atom is -0.460 e. The SMILES string of the molecule is CC(C)[C@H](NP(=O)(OC[C@H]1O[C@@H](n2cnc3c(N)nc(F)nc32)C(O)C1O)Oc1ccccc1)C(=O)OCc1ccccc1. The second kappa shape index (κ2) is 13.3. The predicted molar refractivity (Wildman–Crippen MR) is 154 cm³/mol. The summed E-state index contributed by atoms with van der Waals surface area (Å²) in [6.07, 6.45) is -5.51. The minimum atomic E-state index is -4.36. The van der Waals surface area contributed by atoms with E-state index in [2.05, 4.69) is 20.0 Å². The Morgan fingerprint density at radius 3 is 2.48 bits per heavy atom. The molecule has 1 fully saturated rings. The zero-order chi connectivity index (χ0) is 31.4. The lowest BCUT2D eigenvalue weighted by molar-refractivity contribution is -0.148. The van der Waals surface area contributed by atoms with E-state index in [0.717, 1.165) is 5.56 Å². The first-order valence-corrected chi connectivity index (χ1v) is 15.2. The first-order valence-electron chi connectivity index (χ1n) is 13.7. The summed E-state index contributed by atoms with van der Waals surface area (Å²) in [4.78, 5) is 24.2. The molecule has 234 valence electrons. The summed E-state index contributed by atoms with van der Waals surface area (Å²) in [6.45, 7) is 2.91. The quantitative estimate of drug-likeness (QED) is 0.102. The van der Waals surface area contributed by atoms with Crippen molar-refractivity contribution in [2.45, 2.75) is 51.0 Å². The maximum atomic E-state index is 14.1. The average Bonchev–Trinajstić information content (AvgIpc) is 3.54. The van der Waals surface area contributed by atoms with Gasteiger partial charge in [-0.25, -0.2) is 9.55 Å². The number of fused-ring (bicyclic) bond motifs is 1. The summed E-state index contributed by atoms with van der Waals surface area (Å²) in [5.41, 5.74) is 6.49. The molecule has 2 aromatic carbocycles. The molecule has 0 saturated carbocycles. The first-order chi connectivity index (χ1) is 21.0. The fourth-order valence-electron chi connectivity index (χ4n) is 4.54. The van der Waals surface area contributed by atoms with Gasteiger partial charge in [-0.1, -0.05) is 62.4 Å². The third kappa shape index (κ3) is 7.04. The fraction of sp³-hybridized carbons (Fsp3) is 0.357. The zero-order valence-electron chi connectivity index (χ0n) is 23.8. The number of aliphatic hydroxyl groups is 2. The van der Waals surface area contributed by atoms with E-state index in [4.69, 9.17) is 24.3 Å². The van der Waals surface area contributed by atoms with Crippen LogP contribution in [0.15, 0.2) is 67.0 Å². The van der Waals surface area contributed by atoms with Crippen molar-refractivity contribution in [3.8, 4) is 5.75 Å². The third-order valence-corrected chi connectivity index (χ3v) is 8.39. The van der Waals surface area contributed by atoms with E-state index in [1.54, 1.807) is 56.3 Å². The molecule has 0 spiro atoms. The molecular weight excluding hydrogens is 598 g/mol. The van der Waals surface area contributed by atoms with Gasteiger partial charge in [0.2, 0.25) is 0 Å². The first kappa shape index (κ1) is 31.4. The third-order valence-electron chi connectivity index (χ3n) is 6.85. The number of nitrogens with one attached hydrogen (secondary N) is 1. The van der Waals surface area contributed by atoms with Crippen molar-refractivity contribution >= 4 is 30.7 Å². The molecule has 16 heteroatoms. The molecule has 1 aliphatic rings. The highest BCUT2D eigenvalue weighted by atomic mass is 31.2. The van der Waals surface area contributed by atoms with Gasteiger partial charge >= 0.3 is 19.8 Å². The highest BCUT2D eigenvalue weighted by Crippen LogP contribution is 2.46. The van der Waals surface area contributed by atoms with Crippen molar-refractivity contribution in [1.29, 1.82) is 0 Å². The number of ether oxygens (including phenoxy) is 2. The van der Waals surface area contributed by atoms with Crippen LogP contribution in [0.4, 0.5) is 10.2 Å². The summed E-state index contributed by atoms with van der Waals surface area (Å²) in [6, 6.07) is 16.1. The molecule has 4 aromatic rings. The second-order valence-electron chi connectivity index (χ2n) is 10.4. The minimum absolute atomic E-state index is 0.0000582. The van der Waals surface area contributed by atoms with Crippen molar-refractivity contribution < 1.29 is 42.5 Å². The number of benzene rings is 2. The largest absolute Gasteiger partial charge is 0.460 e. The number of anilines is 1. The summed E-state index contributed by atoms with van der Waals surface area (Å²) in [7, 11) is -4.36. The number of carbonyl (C=O) groups excluding carboxylic acids is 1. The Balaban J connectivity index is 1.33. The molecule has 1 saturated heterocycles. The van der Waals surface area contributed by atoms with Gasteiger partial charge in [-0.2, -0.15) is 19.4 Å². The number of nitrogens with zero attached hydrogens (tertiary/aromatic N) is 4. The van der Waals surface area contributed by atoms with E-state index in [0.29, 0.717) is 0 Å². The van der Waals surface area contributed by atoms with Gasteiger partial charge in [0.15, 0.2) is 23.2 Å². The van der Waals surface area contributed by atoms with Crippen LogP contribution in [0.25, 0.3) is 11.2 Å². The van der Waals surface area contributed by atoms with Gasteiger partial charge in [0, 0.05) is 0 Å². The molecule has 6 atom stereocenters. The monoisotopic (exact) mass is 630 g/mol. The van der Waals surface area contributed by atoms with Crippen molar-refractivity contribution in [3.05, 3.63) is 78.6 Å². The maximum Gasteiger partial charge on any atom is 0.459 e. The number of hydrogen-bond donors (Lipinski definition) is 4. The summed E-state index contributed by atoms with van der Waals surface area (Å²) >= 11 is 0. The van der Waals surface area contributed by atoms with Crippen molar-refractivity contribution in [2.75, 3.05) is 12.3 Å². The number of esters is 1. The summed E-state index contributed by atoms with van der Waals surface area (Å²) in [5.74, 6) is -1.12. The average molecular weight is 631 g/mol. The molecule has 1 aliphatic heterocycles. The molecule has 0 amide bonds. The lowest BCUT2D eigenvalue weighted by atomic mass is 10.1. The number of halogens is 1. The van der Waals surface area contributed by atoms with Crippen molar-refractivity contribution in [3.63, 3.8) is 0 Å². The van der Waals surface area contributed by atoms with Gasteiger partial charge in [-0.05, 0) is 23.6 Å². The van der Waals surface area contributed by atoms with Gasteiger partial charge in [0.05, 0.1) is 12.9 Å². The smallest absolute Gasteiger partial charge is 0.459 e. The molecule has 14 nitrogen and oxygen atoms in total. The van der Waals surface area contributed by atoms with Crippen molar-refractivity contribution in [2.24, 2.45) is 5.92 Å². The number of rotatable bonds is 12. The van der Waals surface area contributed by atoms with E-state index in [1.165, 1.54) is 10.9 Å². The fourth-order valence-corrected chi connectivity index (χ4v) is 6.20. The lowest BCUT2D eigenvalue weighted by Gasteiger charge is -2.27. The Labute approximate surface area is 251 Å². The Morgan fingerprint density at radius 1 is 1.11 bits per heavy atom. The Bertz CT molecular complexity index is 1630. The molecule has 3 heterocycles. The number of para-hydroxylation sites is 1. The molecule has 44 heavy (non-hydrogen) atoms. The molecule has 0 bridgehead atoms. The Kier molecular flexibility index (Phi) is 9.53. The predicted octanol–water partition coefficient (Wildman–Crippen LogP) is 2.73. The van der Waals surface area contributed by atoms with E-state index in [9.17, 15) is 24.0 Å². The number of nitrogen functional groups attached to an aromatic ring is 1. The standard InChI is InChI=1S/C28H32FN6O8P/c1-16(2)20(27(38)40-13-17-9-5-3-6-10-17)34-44(39,43-18-11-7-4-8-12-18)41-14-19-22(36)23(37)26(42-19)35-15-31-21-24(30)32-28(29)33-25(21)35/h3-12,15-16,19-20,22-23,26,36-37H,13-14H2,1-2H3,(H,34,39)(H2,30,32,33)/t19-,20+,22?,23?,26-,44?/m1/s1.